The van der Waals surface area contributed by atoms with Gasteiger partial charge in [-0.15, -0.1) is 0 Å². The van der Waals surface area contributed by atoms with Crippen molar-refractivity contribution in [2.24, 2.45) is 5.92 Å². The molecule has 1 aromatic carbocycles. The van der Waals surface area contributed by atoms with Crippen LogP contribution < -0.4 is 5.32 Å². The summed E-state index contributed by atoms with van der Waals surface area (Å²) in [4.78, 5) is 48.4. The van der Waals surface area contributed by atoms with E-state index in [2.05, 4.69) is 5.32 Å². The second-order valence-electron chi connectivity index (χ2n) is 5.51. The molecule has 0 bridgehead atoms. The molecule has 7 heteroatoms. The number of aliphatic carboxylic acids is 1. The highest BCUT2D eigenvalue weighted by Crippen LogP contribution is 2.22. The highest BCUT2D eigenvalue weighted by Gasteiger charge is 2.37. The number of carbonyl (C=O) groups is 4. The lowest BCUT2D eigenvalue weighted by Crippen LogP contribution is -2.49. The number of carboxylic acids is 1. The van der Waals surface area contributed by atoms with Crippen molar-refractivity contribution in [3.63, 3.8) is 0 Å². The minimum Gasteiger partial charge on any atom is -0.480 e. The summed E-state index contributed by atoms with van der Waals surface area (Å²) < 4.78 is 0. The summed E-state index contributed by atoms with van der Waals surface area (Å²) in [6.07, 6.45) is 0.574. The second kappa shape index (κ2) is 6.60. The third kappa shape index (κ3) is 3.23. The predicted octanol–water partition coefficient (Wildman–Crippen LogP) is 0.898. The molecule has 122 valence electrons. The van der Waals surface area contributed by atoms with E-state index < -0.39 is 36.3 Å². The summed E-state index contributed by atoms with van der Waals surface area (Å²) in [6.45, 7) is 3.03. The Kier molecular flexibility index (Phi) is 4.78. The summed E-state index contributed by atoms with van der Waals surface area (Å²) in [5, 5.41) is 11.5. The van der Waals surface area contributed by atoms with Gasteiger partial charge in [0.25, 0.3) is 11.8 Å². The Bertz CT molecular complexity index is 635. The lowest BCUT2D eigenvalue weighted by Gasteiger charge is -2.21. The van der Waals surface area contributed by atoms with Gasteiger partial charge in [0.15, 0.2) is 0 Å². The van der Waals surface area contributed by atoms with Crippen LogP contribution in [0.4, 0.5) is 0 Å². The quantitative estimate of drug-likeness (QED) is 0.758. The Balaban J connectivity index is 2.08. The summed E-state index contributed by atoms with van der Waals surface area (Å²) in [5.74, 6) is -3.17. The van der Waals surface area contributed by atoms with Gasteiger partial charge in [-0.3, -0.25) is 19.3 Å². The second-order valence-corrected chi connectivity index (χ2v) is 5.51. The SMILES string of the molecule is CC[C@H](C)[C@H](NC(=O)CN1C(=O)c2ccccc2C1=O)C(=O)O. The first-order valence-corrected chi connectivity index (χ1v) is 7.34. The Hall–Kier alpha value is -2.70. The molecule has 0 aromatic heterocycles. The molecule has 23 heavy (non-hydrogen) atoms. The summed E-state index contributed by atoms with van der Waals surface area (Å²) in [5.41, 5.74) is 0.504. The van der Waals surface area contributed by atoms with E-state index in [0.717, 1.165) is 4.90 Å². The predicted molar refractivity (Wildman–Crippen MR) is 80.8 cm³/mol. The molecule has 2 atom stereocenters. The van der Waals surface area contributed by atoms with Crippen molar-refractivity contribution in [3.05, 3.63) is 35.4 Å². The third-order valence-corrected chi connectivity index (χ3v) is 3.98. The first-order valence-electron chi connectivity index (χ1n) is 7.34. The first-order chi connectivity index (χ1) is 10.9. The topological polar surface area (TPSA) is 104 Å². The zero-order valence-corrected chi connectivity index (χ0v) is 12.9. The van der Waals surface area contributed by atoms with Crippen LogP contribution in [0.1, 0.15) is 41.0 Å². The smallest absolute Gasteiger partial charge is 0.326 e. The maximum absolute atomic E-state index is 12.2. The largest absolute Gasteiger partial charge is 0.480 e. The zero-order valence-electron chi connectivity index (χ0n) is 12.9. The Labute approximate surface area is 133 Å². The van der Waals surface area contributed by atoms with Crippen molar-refractivity contribution in [3.8, 4) is 0 Å². The van der Waals surface area contributed by atoms with Gasteiger partial charge < -0.3 is 10.4 Å². The van der Waals surface area contributed by atoms with E-state index in [1.807, 2.05) is 6.92 Å². The summed E-state index contributed by atoms with van der Waals surface area (Å²) in [6, 6.07) is 5.26. The van der Waals surface area contributed by atoms with Crippen LogP contribution >= 0.6 is 0 Å². The molecule has 0 fully saturated rings. The minimum absolute atomic E-state index is 0.252. The van der Waals surface area contributed by atoms with Gasteiger partial charge in [0, 0.05) is 0 Å². The number of hydrogen-bond acceptors (Lipinski definition) is 4. The molecular formula is C16H18N2O5. The number of nitrogens with one attached hydrogen (secondary N) is 1. The van der Waals surface area contributed by atoms with Crippen LogP contribution in [0.15, 0.2) is 24.3 Å². The number of fused-ring (bicyclic) bond motifs is 1. The van der Waals surface area contributed by atoms with Gasteiger partial charge in [-0.05, 0) is 18.1 Å². The number of rotatable bonds is 6. The van der Waals surface area contributed by atoms with Crippen LogP contribution in [0.5, 0.6) is 0 Å². The van der Waals surface area contributed by atoms with Crippen LogP contribution in [0.25, 0.3) is 0 Å². The van der Waals surface area contributed by atoms with Gasteiger partial charge >= 0.3 is 5.97 Å². The average molecular weight is 318 g/mol. The Morgan fingerprint density at radius 1 is 1.17 bits per heavy atom. The maximum atomic E-state index is 12.2. The number of nitrogens with zero attached hydrogens (tertiary/aromatic N) is 1. The molecular weight excluding hydrogens is 300 g/mol. The lowest BCUT2D eigenvalue weighted by atomic mass is 9.99. The highest BCUT2D eigenvalue weighted by atomic mass is 16.4. The van der Waals surface area contributed by atoms with Gasteiger partial charge in [0.2, 0.25) is 5.91 Å². The van der Waals surface area contributed by atoms with Crippen LogP contribution in [0, 0.1) is 5.92 Å². The molecule has 0 aliphatic carbocycles. The molecule has 0 saturated carbocycles. The molecule has 0 spiro atoms. The van der Waals surface area contributed by atoms with Crippen molar-refractivity contribution in [1.82, 2.24) is 10.2 Å². The molecule has 2 rings (SSSR count). The van der Waals surface area contributed by atoms with E-state index in [-0.39, 0.29) is 17.0 Å². The molecule has 1 aliphatic rings. The fourth-order valence-electron chi connectivity index (χ4n) is 2.43. The van der Waals surface area contributed by atoms with E-state index in [1.165, 1.54) is 12.1 Å². The minimum atomic E-state index is -1.14. The lowest BCUT2D eigenvalue weighted by molar-refractivity contribution is -0.143. The van der Waals surface area contributed by atoms with Crippen molar-refractivity contribution < 1.29 is 24.3 Å². The van der Waals surface area contributed by atoms with E-state index in [0.29, 0.717) is 6.42 Å². The highest BCUT2D eigenvalue weighted by molar-refractivity contribution is 6.22. The van der Waals surface area contributed by atoms with Gasteiger partial charge in [-0.2, -0.15) is 0 Å². The van der Waals surface area contributed by atoms with Crippen molar-refractivity contribution >= 4 is 23.7 Å². The average Bonchev–Trinajstić information content (AvgIpc) is 2.77. The van der Waals surface area contributed by atoms with Crippen LogP contribution in [-0.4, -0.2) is 46.3 Å². The number of hydrogen-bond donors (Lipinski definition) is 2. The van der Waals surface area contributed by atoms with Crippen molar-refractivity contribution in [2.75, 3.05) is 6.54 Å². The van der Waals surface area contributed by atoms with Crippen LogP contribution in [-0.2, 0) is 9.59 Å². The number of carboxylic acid groups (broad SMARTS) is 1. The molecule has 1 aromatic rings. The van der Waals surface area contributed by atoms with Gasteiger partial charge in [0.05, 0.1) is 11.1 Å². The number of imide groups is 1. The number of amides is 3. The van der Waals surface area contributed by atoms with Crippen molar-refractivity contribution in [2.45, 2.75) is 26.3 Å². The number of benzene rings is 1. The maximum Gasteiger partial charge on any atom is 0.326 e. The van der Waals surface area contributed by atoms with Crippen LogP contribution in [0.2, 0.25) is 0 Å². The summed E-state index contributed by atoms with van der Waals surface area (Å²) in [7, 11) is 0. The Morgan fingerprint density at radius 3 is 2.13 bits per heavy atom. The number of carbonyl (C=O) groups excluding carboxylic acids is 3. The molecule has 1 aliphatic heterocycles. The summed E-state index contributed by atoms with van der Waals surface area (Å²) >= 11 is 0. The molecule has 3 amide bonds. The van der Waals surface area contributed by atoms with E-state index in [1.54, 1.807) is 19.1 Å². The zero-order chi connectivity index (χ0) is 17.1. The monoisotopic (exact) mass is 318 g/mol. The third-order valence-electron chi connectivity index (χ3n) is 3.98. The fraction of sp³-hybridized carbons (Fsp3) is 0.375. The van der Waals surface area contributed by atoms with Gasteiger partial charge in [0.1, 0.15) is 12.6 Å². The molecule has 0 unspecified atom stereocenters. The van der Waals surface area contributed by atoms with Crippen LogP contribution in [0.3, 0.4) is 0 Å². The standard InChI is InChI=1S/C16H18N2O5/c1-3-9(2)13(16(22)23)17-12(19)8-18-14(20)10-6-4-5-7-11(10)15(18)21/h4-7,9,13H,3,8H2,1-2H3,(H,17,19)(H,22,23)/t9-,13-/m0/s1. The van der Waals surface area contributed by atoms with E-state index >= 15 is 0 Å². The molecule has 2 N–H and O–H groups in total. The van der Waals surface area contributed by atoms with Crippen molar-refractivity contribution in [1.29, 1.82) is 0 Å². The molecule has 7 nitrogen and oxygen atoms in total. The van der Waals surface area contributed by atoms with E-state index in [4.69, 9.17) is 5.11 Å². The van der Waals surface area contributed by atoms with Gasteiger partial charge in [-0.1, -0.05) is 32.4 Å². The Morgan fingerprint density at radius 2 is 1.70 bits per heavy atom. The van der Waals surface area contributed by atoms with E-state index in [9.17, 15) is 19.2 Å². The van der Waals surface area contributed by atoms with Gasteiger partial charge in [-0.25, -0.2) is 4.79 Å². The molecule has 0 saturated heterocycles. The normalized spacial score (nSPS) is 16.0. The molecule has 1 heterocycles. The fourth-order valence-corrected chi connectivity index (χ4v) is 2.43. The molecule has 0 radical (unpaired) electrons. The first kappa shape index (κ1) is 16.7.